The molecule has 0 bridgehead atoms. The third-order valence-corrected chi connectivity index (χ3v) is 3.67. The number of hydrogen-bond acceptors (Lipinski definition) is 1. The second-order valence-corrected chi connectivity index (χ2v) is 5.35. The van der Waals surface area contributed by atoms with Gasteiger partial charge < -0.3 is 5.32 Å². The van der Waals surface area contributed by atoms with E-state index in [0.717, 1.165) is 24.9 Å². The standard InChI is InChI=1S/C17H19ClFN/c1-13(15-9-10-17(19)16(18)12-15)20-11-5-8-14-6-3-2-4-7-14/h2-4,6-7,9-10,12-13,20H,5,8,11H2,1H3. The summed E-state index contributed by atoms with van der Waals surface area (Å²) in [4.78, 5) is 0. The van der Waals surface area contributed by atoms with Gasteiger partial charge in [0.1, 0.15) is 5.82 Å². The van der Waals surface area contributed by atoms with E-state index in [9.17, 15) is 4.39 Å². The average molecular weight is 292 g/mol. The summed E-state index contributed by atoms with van der Waals surface area (Å²) in [5.41, 5.74) is 2.36. The van der Waals surface area contributed by atoms with Crippen LogP contribution in [0.4, 0.5) is 4.39 Å². The molecule has 0 saturated heterocycles. The third-order valence-electron chi connectivity index (χ3n) is 3.38. The van der Waals surface area contributed by atoms with E-state index in [-0.39, 0.29) is 16.9 Å². The summed E-state index contributed by atoms with van der Waals surface area (Å²) >= 11 is 5.80. The Labute approximate surface area is 124 Å². The molecule has 3 heteroatoms. The summed E-state index contributed by atoms with van der Waals surface area (Å²) in [5, 5.41) is 3.62. The van der Waals surface area contributed by atoms with Gasteiger partial charge in [-0.1, -0.05) is 48.0 Å². The molecule has 2 rings (SSSR count). The van der Waals surface area contributed by atoms with Crippen molar-refractivity contribution in [3.8, 4) is 0 Å². The number of rotatable bonds is 6. The average Bonchev–Trinajstić information content (AvgIpc) is 2.47. The molecule has 0 fully saturated rings. The maximum atomic E-state index is 13.1. The molecule has 0 aliphatic heterocycles. The van der Waals surface area contributed by atoms with Crippen molar-refractivity contribution < 1.29 is 4.39 Å². The maximum absolute atomic E-state index is 13.1. The van der Waals surface area contributed by atoms with Gasteiger partial charge in [0, 0.05) is 6.04 Å². The summed E-state index contributed by atoms with van der Waals surface area (Å²) < 4.78 is 13.1. The molecule has 0 amide bonds. The lowest BCUT2D eigenvalue weighted by atomic mass is 10.1. The highest BCUT2D eigenvalue weighted by atomic mass is 35.5. The van der Waals surface area contributed by atoms with Crippen molar-refractivity contribution in [3.63, 3.8) is 0 Å². The topological polar surface area (TPSA) is 12.0 Å². The van der Waals surface area contributed by atoms with E-state index in [4.69, 9.17) is 11.6 Å². The summed E-state index contributed by atoms with van der Waals surface area (Å²) in [5.74, 6) is -0.369. The van der Waals surface area contributed by atoms with Gasteiger partial charge in [0.25, 0.3) is 0 Å². The van der Waals surface area contributed by atoms with Crippen molar-refractivity contribution in [3.05, 3.63) is 70.5 Å². The first-order valence-corrected chi connectivity index (χ1v) is 7.27. The Bertz CT molecular complexity index is 542. The number of aryl methyl sites for hydroxylation is 1. The SMILES string of the molecule is CC(NCCCc1ccccc1)c1ccc(F)c(Cl)c1. The molecule has 0 aromatic heterocycles. The van der Waals surface area contributed by atoms with Gasteiger partial charge in [-0.05, 0) is 49.6 Å². The van der Waals surface area contributed by atoms with Crippen LogP contribution < -0.4 is 5.32 Å². The quantitative estimate of drug-likeness (QED) is 0.757. The van der Waals surface area contributed by atoms with Gasteiger partial charge in [0.15, 0.2) is 0 Å². The van der Waals surface area contributed by atoms with Gasteiger partial charge in [0.05, 0.1) is 5.02 Å². The summed E-state index contributed by atoms with van der Waals surface area (Å²) in [6.07, 6.45) is 2.13. The predicted molar refractivity (Wildman–Crippen MR) is 82.6 cm³/mol. The first-order valence-electron chi connectivity index (χ1n) is 6.89. The molecule has 0 aliphatic carbocycles. The van der Waals surface area contributed by atoms with Crippen LogP contribution in [0, 0.1) is 5.82 Å². The Morgan fingerprint density at radius 1 is 1.15 bits per heavy atom. The van der Waals surface area contributed by atoms with Gasteiger partial charge in [0.2, 0.25) is 0 Å². The van der Waals surface area contributed by atoms with Crippen molar-refractivity contribution >= 4 is 11.6 Å². The highest BCUT2D eigenvalue weighted by molar-refractivity contribution is 6.30. The largest absolute Gasteiger partial charge is 0.310 e. The molecular weight excluding hydrogens is 273 g/mol. The van der Waals surface area contributed by atoms with Crippen LogP contribution in [-0.2, 0) is 6.42 Å². The first kappa shape index (κ1) is 15.0. The molecule has 1 N–H and O–H groups in total. The monoisotopic (exact) mass is 291 g/mol. The van der Waals surface area contributed by atoms with E-state index in [2.05, 4.69) is 36.5 Å². The Balaban J connectivity index is 1.77. The molecule has 1 atom stereocenters. The van der Waals surface area contributed by atoms with Crippen LogP contribution in [0.5, 0.6) is 0 Å². The first-order chi connectivity index (χ1) is 9.66. The number of halogens is 2. The van der Waals surface area contributed by atoms with Crippen molar-refractivity contribution in [1.29, 1.82) is 0 Å². The van der Waals surface area contributed by atoms with Crippen LogP contribution in [0.25, 0.3) is 0 Å². The van der Waals surface area contributed by atoms with Crippen molar-refractivity contribution in [1.82, 2.24) is 5.32 Å². The fraction of sp³-hybridized carbons (Fsp3) is 0.294. The molecule has 1 nitrogen and oxygen atoms in total. The van der Waals surface area contributed by atoms with Crippen molar-refractivity contribution in [2.75, 3.05) is 6.54 Å². The third kappa shape index (κ3) is 4.32. The molecular formula is C17H19ClFN. The van der Waals surface area contributed by atoms with Gasteiger partial charge in [-0.3, -0.25) is 0 Å². The second-order valence-electron chi connectivity index (χ2n) is 4.94. The Hall–Kier alpha value is -1.38. The molecule has 2 aromatic carbocycles. The van der Waals surface area contributed by atoms with Gasteiger partial charge in [-0.2, -0.15) is 0 Å². The van der Waals surface area contributed by atoms with Crippen molar-refractivity contribution in [2.24, 2.45) is 0 Å². The van der Waals surface area contributed by atoms with E-state index < -0.39 is 0 Å². The van der Waals surface area contributed by atoms with Crippen LogP contribution in [-0.4, -0.2) is 6.54 Å². The molecule has 1 unspecified atom stereocenters. The van der Waals surface area contributed by atoms with Crippen LogP contribution in [0.1, 0.15) is 30.5 Å². The number of benzene rings is 2. The normalized spacial score (nSPS) is 12.3. The minimum Gasteiger partial charge on any atom is -0.310 e. The summed E-state index contributed by atoms with van der Waals surface area (Å²) in [6, 6.07) is 15.5. The van der Waals surface area contributed by atoms with E-state index in [1.807, 2.05) is 6.07 Å². The van der Waals surface area contributed by atoms with Crippen LogP contribution >= 0.6 is 11.6 Å². The molecule has 2 aromatic rings. The molecule has 0 aliphatic rings. The summed E-state index contributed by atoms with van der Waals surface area (Å²) in [7, 11) is 0. The Morgan fingerprint density at radius 3 is 2.60 bits per heavy atom. The van der Waals surface area contributed by atoms with Crippen molar-refractivity contribution in [2.45, 2.75) is 25.8 Å². The van der Waals surface area contributed by atoms with Gasteiger partial charge >= 0.3 is 0 Å². The zero-order valence-corrected chi connectivity index (χ0v) is 12.3. The number of hydrogen-bond donors (Lipinski definition) is 1. The van der Waals surface area contributed by atoms with Gasteiger partial charge in [-0.15, -0.1) is 0 Å². The fourth-order valence-electron chi connectivity index (χ4n) is 2.16. The molecule has 0 spiro atoms. The van der Waals surface area contributed by atoms with Gasteiger partial charge in [-0.25, -0.2) is 4.39 Å². The lowest BCUT2D eigenvalue weighted by Gasteiger charge is -2.14. The van der Waals surface area contributed by atoms with Crippen LogP contribution in [0.2, 0.25) is 5.02 Å². The molecule has 0 heterocycles. The molecule has 106 valence electrons. The lowest BCUT2D eigenvalue weighted by molar-refractivity contribution is 0.556. The highest BCUT2D eigenvalue weighted by Gasteiger charge is 2.07. The van der Waals surface area contributed by atoms with E-state index in [0.29, 0.717) is 0 Å². The smallest absolute Gasteiger partial charge is 0.141 e. The number of nitrogens with one attached hydrogen (secondary N) is 1. The lowest BCUT2D eigenvalue weighted by Crippen LogP contribution is -2.20. The predicted octanol–water partition coefficient (Wildman–Crippen LogP) is 4.76. The fourth-order valence-corrected chi connectivity index (χ4v) is 2.34. The Morgan fingerprint density at radius 2 is 1.90 bits per heavy atom. The molecule has 0 radical (unpaired) electrons. The minimum absolute atomic E-state index is 0.170. The van der Waals surface area contributed by atoms with Crippen LogP contribution in [0.15, 0.2) is 48.5 Å². The van der Waals surface area contributed by atoms with E-state index >= 15 is 0 Å². The Kier molecular flexibility index (Phi) is 5.57. The second kappa shape index (κ2) is 7.41. The minimum atomic E-state index is -0.369. The van der Waals surface area contributed by atoms with Crippen LogP contribution in [0.3, 0.4) is 0 Å². The van der Waals surface area contributed by atoms with E-state index in [1.54, 1.807) is 12.1 Å². The molecule has 0 saturated carbocycles. The highest BCUT2D eigenvalue weighted by Crippen LogP contribution is 2.20. The summed E-state index contributed by atoms with van der Waals surface area (Å²) in [6.45, 7) is 2.98. The zero-order chi connectivity index (χ0) is 14.4. The zero-order valence-electron chi connectivity index (χ0n) is 11.6. The molecule has 20 heavy (non-hydrogen) atoms. The van der Waals surface area contributed by atoms with E-state index in [1.165, 1.54) is 11.6 Å². The maximum Gasteiger partial charge on any atom is 0.141 e.